The molecule has 4 fully saturated rings. The average Bonchev–Trinajstić information content (AvgIpc) is 2.79. The minimum absolute atomic E-state index is 0.0318. The van der Waals surface area contributed by atoms with Crippen molar-refractivity contribution in [3.63, 3.8) is 0 Å². The zero-order chi connectivity index (χ0) is 23.7. The van der Waals surface area contributed by atoms with Gasteiger partial charge in [-0.3, -0.25) is 19.2 Å². The molecule has 5 aliphatic carbocycles. The van der Waals surface area contributed by atoms with Crippen LogP contribution in [0.3, 0.4) is 0 Å². The van der Waals surface area contributed by atoms with Gasteiger partial charge in [-0.2, -0.15) is 0 Å². The Hall–Kier alpha value is -2.80. The number of rotatable bonds is 4. The summed E-state index contributed by atoms with van der Waals surface area (Å²) in [7, 11) is 0. The van der Waals surface area contributed by atoms with Gasteiger partial charge in [0.05, 0.1) is 5.41 Å². The average molecular weight is 522 g/mol. The molecule has 6 nitrogen and oxygen atoms in total. The summed E-state index contributed by atoms with van der Waals surface area (Å²) in [6.07, 6.45) is 5.88. The highest BCUT2D eigenvalue weighted by Crippen LogP contribution is 2.64. The molecular formula is C27H24BrNO5. The topological polar surface area (TPSA) is 89.5 Å². The molecule has 0 heterocycles. The highest BCUT2D eigenvalue weighted by molar-refractivity contribution is 9.10. The van der Waals surface area contributed by atoms with Crippen molar-refractivity contribution in [3.8, 4) is 0 Å². The van der Waals surface area contributed by atoms with E-state index in [1.807, 2.05) is 0 Å². The predicted molar refractivity (Wildman–Crippen MR) is 128 cm³/mol. The Bertz CT molecular complexity index is 1250. The third kappa shape index (κ3) is 3.44. The number of hydrogen-bond acceptors (Lipinski definition) is 5. The van der Waals surface area contributed by atoms with E-state index in [0.717, 1.165) is 32.1 Å². The summed E-state index contributed by atoms with van der Waals surface area (Å²) in [5.41, 5.74) is 1.22. The number of amides is 1. The molecule has 4 saturated carbocycles. The van der Waals surface area contributed by atoms with E-state index in [9.17, 15) is 19.2 Å². The van der Waals surface area contributed by atoms with Crippen LogP contribution in [0, 0.1) is 17.3 Å². The van der Waals surface area contributed by atoms with Crippen LogP contribution >= 0.6 is 15.9 Å². The molecule has 7 rings (SSSR count). The molecule has 4 bridgehead atoms. The van der Waals surface area contributed by atoms with Crippen LogP contribution < -0.4 is 5.32 Å². The zero-order valence-corrected chi connectivity index (χ0v) is 20.2. The summed E-state index contributed by atoms with van der Waals surface area (Å²) in [6, 6.07) is 11.4. The minimum atomic E-state index is -0.486. The van der Waals surface area contributed by atoms with Gasteiger partial charge in [-0.05, 0) is 68.6 Å². The molecule has 1 amide bonds. The maximum Gasteiger partial charge on any atom is 0.312 e. The van der Waals surface area contributed by atoms with E-state index in [2.05, 4.69) is 21.2 Å². The van der Waals surface area contributed by atoms with Gasteiger partial charge in [-0.1, -0.05) is 40.2 Å². The molecule has 0 radical (unpaired) electrons. The standard InChI is InChI=1S/C27H24BrNO5/c28-27-11-15-7-16(12-27)10-26(9-15,14-27)25(33)34-13-22(30)29-17-5-6-20-21(8-17)24(32)19-4-2-1-3-18(19)23(20)31/h1-6,8,15-16H,7,9-14H2,(H,29,30)/t15-,16-,26?,27?/m1/s1. The first kappa shape index (κ1) is 21.7. The van der Waals surface area contributed by atoms with Crippen LogP contribution in [0.5, 0.6) is 0 Å². The number of ether oxygens (including phenoxy) is 1. The lowest BCUT2D eigenvalue weighted by molar-refractivity contribution is -0.170. The number of anilines is 1. The molecule has 5 aliphatic rings. The number of carbonyl (C=O) groups is 4. The first-order chi connectivity index (χ1) is 16.3. The quantitative estimate of drug-likeness (QED) is 0.397. The molecule has 0 saturated heterocycles. The van der Waals surface area contributed by atoms with Gasteiger partial charge in [0.2, 0.25) is 0 Å². The highest BCUT2D eigenvalue weighted by atomic mass is 79.9. The van der Waals surface area contributed by atoms with E-state index < -0.39 is 11.3 Å². The summed E-state index contributed by atoms with van der Waals surface area (Å²) in [5.74, 6) is -0.119. The fraction of sp³-hybridized carbons (Fsp3) is 0.407. The Labute approximate surface area is 205 Å². The summed E-state index contributed by atoms with van der Waals surface area (Å²) >= 11 is 3.90. The molecule has 7 heteroatoms. The number of esters is 1. The van der Waals surface area contributed by atoms with Crippen molar-refractivity contribution in [1.82, 2.24) is 0 Å². The fourth-order valence-electron chi connectivity index (χ4n) is 7.05. The summed E-state index contributed by atoms with van der Waals surface area (Å²) in [6.45, 7) is -0.377. The van der Waals surface area contributed by atoms with Gasteiger partial charge < -0.3 is 10.1 Å². The van der Waals surface area contributed by atoms with E-state index in [4.69, 9.17) is 4.74 Å². The van der Waals surface area contributed by atoms with E-state index in [0.29, 0.717) is 34.2 Å². The van der Waals surface area contributed by atoms with Gasteiger partial charge in [-0.25, -0.2) is 0 Å². The Balaban J connectivity index is 1.13. The van der Waals surface area contributed by atoms with E-state index in [1.165, 1.54) is 12.5 Å². The fourth-order valence-corrected chi connectivity index (χ4v) is 8.50. The second-order valence-corrected chi connectivity index (χ2v) is 12.2. The second kappa shape index (κ2) is 7.60. The van der Waals surface area contributed by atoms with Crippen LogP contribution in [0.4, 0.5) is 5.69 Å². The van der Waals surface area contributed by atoms with Gasteiger partial charge >= 0.3 is 5.97 Å². The van der Waals surface area contributed by atoms with Crippen LogP contribution in [0.1, 0.15) is 70.4 Å². The Morgan fingerprint density at radius 2 is 1.53 bits per heavy atom. The molecule has 2 aromatic carbocycles. The maximum atomic E-state index is 13.1. The van der Waals surface area contributed by atoms with Crippen LogP contribution in [-0.2, 0) is 14.3 Å². The van der Waals surface area contributed by atoms with Crippen molar-refractivity contribution in [2.45, 2.75) is 42.8 Å². The molecule has 1 N–H and O–H groups in total. The maximum absolute atomic E-state index is 13.1. The Morgan fingerprint density at radius 1 is 0.912 bits per heavy atom. The second-order valence-electron chi connectivity index (χ2n) is 10.5. The van der Waals surface area contributed by atoms with Gasteiger partial charge in [0.15, 0.2) is 18.2 Å². The van der Waals surface area contributed by atoms with Gasteiger partial charge in [-0.15, -0.1) is 0 Å². The van der Waals surface area contributed by atoms with Gasteiger partial charge in [0.1, 0.15) is 0 Å². The lowest BCUT2D eigenvalue weighted by Gasteiger charge is -2.58. The monoisotopic (exact) mass is 521 g/mol. The lowest BCUT2D eigenvalue weighted by atomic mass is 9.49. The molecule has 0 unspecified atom stereocenters. The third-order valence-corrected chi connectivity index (χ3v) is 8.89. The molecule has 2 aromatic rings. The number of halogens is 1. The number of ketones is 2. The van der Waals surface area contributed by atoms with E-state index in [-0.39, 0.29) is 34.0 Å². The summed E-state index contributed by atoms with van der Waals surface area (Å²) in [5, 5.41) is 2.70. The first-order valence-electron chi connectivity index (χ1n) is 11.7. The van der Waals surface area contributed by atoms with Crippen molar-refractivity contribution >= 4 is 45.1 Å². The third-order valence-electron chi connectivity index (χ3n) is 7.97. The molecule has 0 aromatic heterocycles. The number of fused-ring (bicyclic) bond motifs is 2. The number of hydrogen-bond donors (Lipinski definition) is 1. The zero-order valence-electron chi connectivity index (χ0n) is 18.6. The van der Waals surface area contributed by atoms with Crippen molar-refractivity contribution in [1.29, 1.82) is 0 Å². The Kier molecular flexibility index (Phi) is 4.86. The number of carbonyl (C=O) groups excluding carboxylic acids is 4. The van der Waals surface area contributed by atoms with Crippen LogP contribution in [0.15, 0.2) is 42.5 Å². The Morgan fingerprint density at radius 3 is 2.18 bits per heavy atom. The molecule has 0 spiro atoms. The van der Waals surface area contributed by atoms with Gasteiger partial charge in [0, 0.05) is 32.3 Å². The predicted octanol–water partition coefficient (Wildman–Crippen LogP) is 4.68. The molecule has 174 valence electrons. The number of benzene rings is 2. The summed E-state index contributed by atoms with van der Waals surface area (Å²) in [4.78, 5) is 51.3. The normalized spacial score (nSPS) is 30.5. The molecular weight excluding hydrogens is 498 g/mol. The molecule has 2 atom stereocenters. The molecule has 34 heavy (non-hydrogen) atoms. The molecule has 0 aliphatic heterocycles. The van der Waals surface area contributed by atoms with E-state index in [1.54, 1.807) is 36.4 Å². The summed E-state index contributed by atoms with van der Waals surface area (Å²) < 4.78 is 5.54. The van der Waals surface area contributed by atoms with Gasteiger partial charge in [0.25, 0.3) is 5.91 Å². The van der Waals surface area contributed by atoms with Crippen LogP contribution in [0.25, 0.3) is 0 Å². The van der Waals surface area contributed by atoms with Crippen molar-refractivity contribution in [3.05, 3.63) is 64.7 Å². The first-order valence-corrected chi connectivity index (χ1v) is 12.5. The lowest BCUT2D eigenvalue weighted by Crippen LogP contribution is -2.56. The van der Waals surface area contributed by atoms with Crippen LogP contribution in [0.2, 0.25) is 0 Å². The van der Waals surface area contributed by atoms with Crippen LogP contribution in [-0.4, -0.2) is 34.4 Å². The van der Waals surface area contributed by atoms with Crippen molar-refractivity contribution < 1.29 is 23.9 Å². The number of nitrogens with one attached hydrogen (secondary N) is 1. The SMILES string of the molecule is O=C(COC(=O)C12C[C@H]3C[C@@H](CC(Br)(C3)C1)C2)Nc1ccc2c(c1)C(=O)c1ccccc1C2=O. The van der Waals surface area contributed by atoms with Crippen molar-refractivity contribution in [2.75, 3.05) is 11.9 Å². The minimum Gasteiger partial charge on any atom is -0.455 e. The highest BCUT2D eigenvalue weighted by Gasteiger charge is 2.60. The van der Waals surface area contributed by atoms with Crippen molar-refractivity contribution in [2.24, 2.45) is 17.3 Å². The number of alkyl halides is 1. The largest absolute Gasteiger partial charge is 0.455 e. The smallest absolute Gasteiger partial charge is 0.312 e. The van der Waals surface area contributed by atoms with E-state index >= 15 is 0 Å².